The summed E-state index contributed by atoms with van der Waals surface area (Å²) >= 11 is 0. The minimum atomic E-state index is -0.584. The first kappa shape index (κ1) is 16.0. The summed E-state index contributed by atoms with van der Waals surface area (Å²) in [5, 5.41) is 0. The van der Waals surface area contributed by atoms with E-state index in [4.69, 9.17) is 15.2 Å². The zero-order valence-electron chi connectivity index (χ0n) is 13.3. The van der Waals surface area contributed by atoms with Crippen LogP contribution in [0.2, 0.25) is 0 Å². The first-order chi connectivity index (χ1) is 11.6. The molecule has 0 fully saturated rings. The van der Waals surface area contributed by atoms with Crippen molar-refractivity contribution in [3.8, 4) is 0 Å². The number of primary amides is 1. The lowest BCUT2D eigenvalue weighted by Gasteiger charge is -2.23. The molecular weight excluding hydrogens is 308 g/mol. The Morgan fingerprint density at radius 2 is 1.79 bits per heavy atom. The van der Waals surface area contributed by atoms with Crippen LogP contribution in [0.5, 0.6) is 0 Å². The Morgan fingerprint density at radius 3 is 2.50 bits per heavy atom. The van der Waals surface area contributed by atoms with Crippen molar-refractivity contribution in [2.24, 2.45) is 5.73 Å². The number of ether oxygens (including phenoxy) is 2. The fraction of sp³-hybridized carbons (Fsp3) is 0.222. The summed E-state index contributed by atoms with van der Waals surface area (Å²) in [7, 11) is 1.44. The average molecular weight is 326 g/mol. The summed E-state index contributed by atoms with van der Waals surface area (Å²) in [5.74, 6) is -0.456. The van der Waals surface area contributed by atoms with E-state index in [1.807, 2.05) is 42.5 Å². The normalized spacial score (nSPS) is 15.9. The molecule has 0 spiro atoms. The summed E-state index contributed by atoms with van der Waals surface area (Å²) in [5.41, 5.74) is 8.54. The molecule has 124 valence electrons. The quantitative estimate of drug-likeness (QED) is 0.879. The third-order valence-corrected chi connectivity index (χ3v) is 3.92. The Balaban J connectivity index is 2.12. The Hall–Kier alpha value is -2.86. The van der Waals surface area contributed by atoms with Crippen LogP contribution in [0.25, 0.3) is 0 Å². The highest BCUT2D eigenvalue weighted by molar-refractivity contribution is 6.00. The Bertz CT molecular complexity index is 775. The van der Waals surface area contributed by atoms with Gasteiger partial charge in [0.25, 0.3) is 0 Å². The molecule has 24 heavy (non-hydrogen) atoms. The lowest BCUT2D eigenvalue weighted by atomic mass is 10.0. The topological polar surface area (TPSA) is 81.9 Å². The number of carbonyl (C=O) groups is 2. The van der Waals surface area contributed by atoms with Crippen LogP contribution >= 0.6 is 0 Å². The number of rotatable bonds is 3. The van der Waals surface area contributed by atoms with E-state index in [9.17, 15) is 9.59 Å². The van der Waals surface area contributed by atoms with Crippen LogP contribution in [-0.4, -0.2) is 25.7 Å². The van der Waals surface area contributed by atoms with Gasteiger partial charge in [-0.3, -0.25) is 4.90 Å². The number of hydrogen-bond donors (Lipinski definition) is 1. The van der Waals surface area contributed by atoms with Crippen molar-refractivity contribution in [3.05, 3.63) is 59.7 Å². The summed E-state index contributed by atoms with van der Waals surface area (Å²) in [6, 6.07) is 14.1. The number of fused-ring (bicyclic) bond motifs is 2. The maximum atomic E-state index is 12.1. The largest absolute Gasteiger partial charge is 0.455 e. The lowest BCUT2D eigenvalue weighted by Crippen LogP contribution is -2.32. The second-order valence-electron chi connectivity index (χ2n) is 5.48. The smallest absolute Gasteiger partial charge is 0.332 e. The zero-order valence-corrected chi connectivity index (χ0v) is 13.3. The third-order valence-electron chi connectivity index (χ3n) is 3.92. The van der Waals surface area contributed by atoms with E-state index in [1.54, 1.807) is 6.07 Å². The van der Waals surface area contributed by atoms with Crippen LogP contribution in [0.15, 0.2) is 48.5 Å². The van der Waals surface area contributed by atoms with Crippen LogP contribution in [0.3, 0.4) is 0 Å². The number of carbonyl (C=O) groups excluding carboxylic acids is 2. The molecular formula is C18H18N2O4. The van der Waals surface area contributed by atoms with Crippen LogP contribution < -0.4 is 10.6 Å². The molecule has 0 bridgehead atoms. The molecule has 1 aliphatic rings. The molecule has 6 heteroatoms. The van der Waals surface area contributed by atoms with Gasteiger partial charge in [0.05, 0.1) is 11.4 Å². The summed E-state index contributed by atoms with van der Waals surface area (Å²) < 4.78 is 10.4. The Kier molecular flexibility index (Phi) is 4.48. The predicted octanol–water partition coefficient (Wildman–Crippen LogP) is 2.69. The van der Waals surface area contributed by atoms with Crippen molar-refractivity contribution in [1.82, 2.24) is 0 Å². The van der Waals surface area contributed by atoms with Crippen molar-refractivity contribution in [2.75, 3.05) is 18.6 Å². The lowest BCUT2D eigenvalue weighted by molar-refractivity contribution is -0.153. The highest BCUT2D eigenvalue weighted by Crippen LogP contribution is 2.41. The number of methoxy groups -OCH3 is 1. The van der Waals surface area contributed by atoms with E-state index in [-0.39, 0.29) is 6.61 Å². The van der Waals surface area contributed by atoms with E-state index in [0.29, 0.717) is 17.8 Å². The molecule has 1 atom stereocenters. The first-order valence-corrected chi connectivity index (χ1v) is 7.56. The number of hydrogen-bond acceptors (Lipinski definition) is 4. The van der Waals surface area contributed by atoms with E-state index in [2.05, 4.69) is 0 Å². The molecule has 0 saturated carbocycles. The molecule has 0 radical (unpaired) electrons. The Morgan fingerprint density at radius 1 is 1.12 bits per heavy atom. The monoisotopic (exact) mass is 326 g/mol. The molecule has 2 aromatic rings. The minimum Gasteiger partial charge on any atom is -0.455 e. The molecule has 0 aliphatic carbocycles. The van der Waals surface area contributed by atoms with Gasteiger partial charge in [-0.15, -0.1) is 0 Å². The molecule has 2 amide bonds. The standard InChI is InChI=1S/C18H18N2O4/c1-23-11-17(21)24-16-10-12-6-2-4-8-14(12)20(18(19)22)15-9-5-3-7-13(15)16/h2-9,16H,10-11H2,1H3,(H2,19,22). The van der Waals surface area contributed by atoms with Gasteiger partial charge in [-0.05, 0) is 17.7 Å². The van der Waals surface area contributed by atoms with Crippen molar-refractivity contribution in [2.45, 2.75) is 12.5 Å². The number of anilines is 2. The molecule has 6 nitrogen and oxygen atoms in total. The molecule has 2 aromatic carbocycles. The SMILES string of the molecule is COCC(=O)OC1Cc2ccccc2N(C(N)=O)c2ccccc21. The van der Waals surface area contributed by atoms with Gasteiger partial charge in [0.15, 0.2) is 0 Å². The summed E-state index contributed by atoms with van der Waals surface area (Å²) in [6.07, 6.45) is -0.0683. The van der Waals surface area contributed by atoms with Gasteiger partial charge in [0.1, 0.15) is 12.7 Å². The molecule has 1 aliphatic heterocycles. The number of nitrogens with zero attached hydrogens (tertiary/aromatic N) is 1. The number of para-hydroxylation sites is 2. The first-order valence-electron chi connectivity index (χ1n) is 7.56. The summed E-state index contributed by atoms with van der Waals surface area (Å²) in [6.45, 7) is -0.125. The van der Waals surface area contributed by atoms with Crippen LogP contribution in [-0.2, 0) is 20.7 Å². The van der Waals surface area contributed by atoms with Crippen LogP contribution in [0.1, 0.15) is 17.2 Å². The molecule has 2 N–H and O–H groups in total. The highest BCUT2D eigenvalue weighted by Gasteiger charge is 2.30. The number of esters is 1. The minimum absolute atomic E-state index is 0.125. The molecule has 0 aromatic heterocycles. The number of urea groups is 1. The Labute approximate surface area is 139 Å². The number of nitrogens with two attached hydrogens (primary N) is 1. The summed E-state index contributed by atoms with van der Waals surface area (Å²) in [4.78, 5) is 25.4. The average Bonchev–Trinajstić information content (AvgIpc) is 2.69. The van der Waals surface area contributed by atoms with Gasteiger partial charge in [-0.25, -0.2) is 9.59 Å². The van der Waals surface area contributed by atoms with E-state index < -0.39 is 18.1 Å². The van der Waals surface area contributed by atoms with Crippen molar-refractivity contribution >= 4 is 23.4 Å². The second kappa shape index (κ2) is 6.72. The van der Waals surface area contributed by atoms with E-state index in [1.165, 1.54) is 12.0 Å². The molecule has 3 rings (SSSR count). The maximum Gasteiger partial charge on any atom is 0.332 e. The van der Waals surface area contributed by atoms with Crippen LogP contribution in [0, 0.1) is 0 Å². The van der Waals surface area contributed by atoms with Gasteiger partial charge in [0.2, 0.25) is 0 Å². The van der Waals surface area contributed by atoms with Crippen molar-refractivity contribution in [1.29, 1.82) is 0 Å². The van der Waals surface area contributed by atoms with E-state index >= 15 is 0 Å². The molecule has 0 saturated heterocycles. The predicted molar refractivity (Wildman–Crippen MR) is 89.0 cm³/mol. The highest BCUT2D eigenvalue weighted by atomic mass is 16.6. The van der Waals surface area contributed by atoms with Crippen molar-refractivity contribution in [3.63, 3.8) is 0 Å². The number of benzene rings is 2. The molecule has 1 heterocycles. The maximum absolute atomic E-state index is 12.1. The third kappa shape index (κ3) is 2.96. The molecule has 1 unspecified atom stereocenters. The van der Waals surface area contributed by atoms with Gasteiger partial charge >= 0.3 is 12.0 Å². The van der Waals surface area contributed by atoms with Crippen LogP contribution in [0.4, 0.5) is 16.2 Å². The number of amides is 2. The van der Waals surface area contributed by atoms with Gasteiger partial charge in [-0.1, -0.05) is 36.4 Å². The zero-order chi connectivity index (χ0) is 17.1. The van der Waals surface area contributed by atoms with Gasteiger partial charge < -0.3 is 15.2 Å². The van der Waals surface area contributed by atoms with Crippen molar-refractivity contribution < 1.29 is 19.1 Å². The second-order valence-corrected chi connectivity index (χ2v) is 5.48. The fourth-order valence-electron chi connectivity index (χ4n) is 2.96. The van der Waals surface area contributed by atoms with E-state index in [0.717, 1.165) is 11.1 Å². The fourth-order valence-corrected chi connectivity index (χ4v) is 2.96. The van der Waals surface area contributed by atoms with Gasteiger partial charge in [-0.2, -0.15) is 0 Å². The van der Waals surface area contributed by atoms with Gasteiger partial charge in [0, 0.05) is 19.1 Å².